The summed E-state index contributed by atoms with van der Waals surface area (Å²) in [6, 6.07) is 8.06. The smallest absolute Gasteiger partial charge is 0.240 e. The maximum atomic E-state index is 11.9. The lowest BCUT2D eigenvalue weighted by molar-refractivity contribution is -0.0152. The molecule has 14 heteroatoms. The van der Waals surface area contributed by atoms with Crippen LogP contribution in [-0.2, 0) is 14.8 Å². The van der Waals surface area contributed by atoms with Crippen molar-refractivity contribution in [3.05, 3.63) is 36.5 Å². The number of aromatic nitrogens is 2. The highest BCUT2D eigenvalue weighted by Gasteiger charge is 2.43. The van der Waals surface area contributed by atoms with E-state index < -0.39 is 16.1 Å². The van der Waals surface area contributed by atoms with E-state index in [4.69, 9.17) is 14.2 Å². The summed E-state index contributed by atoms with van der Waals surface area (Å²) in [4.78, 5) is 11.0. The number of nitrogens with zero attached hydrogens (tertiary/aromatic N) is 3. The molecule has 0 bridgehead atoms. The Balaban J connectivity index is 0.00000241. The minimum Gasteiger partial charge on any atom is -0.491 e. The Labute approximate surface area is 230 Å². The minimum absolute atomic E-state index is 0. The summed E-state index contributed by atoms with van der Waals surface area (Å²) < 4.78 is 43.2. The Bertz CT molecular complexity index is 1100. The molecule has 3 heterocycles. The van der Waals surface area contributed by atoms with Gasteiger partial charge in [0.2, 0.25) is 21.9 Å². The fourth-order valence-electron chi connectivity index (χ4n) is 4.44. The molecule has 1 unspecified atom stereocenters. The summed E-state index contributed by atoms with van der Waals surface area (Å²) in [5.41, 5.74) is -0.173. The maximum Gasteiger partial charge on any atom is 0.240 e. The van der Waals surface area contributed by atoms with Gasteiger partial charge < -0.3 is 29.5 Å². The fraction of sp³-hybridized carbons (Fsp3) is 0.565. The third kappa shape index (κ3) is 8.03. The van der Waals surface area contributed by atoms with Gasteiger partial charge in [0.1, 0.15) is 18.5 Å². The first-order chi connectivity index (χ1) is 16.8. The second-order valence-corrected chi connectivity index (χ2v) is 10.7. The van der Waals surface area contributed by atoms with E-state index in [2.05, 4.69) is 24.9 Å². The van der Waals surface area contributed by atoms with E-state index in [0.717, 1.165) is 32.4 Å². The molecule has 0 aliphatic carbocycles. The first-order valence-corrected chi connectivity index (χ1v) is 13.1. The van der Waals surface area contributed by atoms with Crippen LogP contribution in [0.1, 0.15) is 19.3 Å². The average molecular weight is 581 g/mol. The molecular formula is C23H35Cl2N5O6S. The molecule has 3 N–H and O–H groups in total. The number of methoxy groups -OCH3 is 1. The number of piperidine rings is 1. The van der Waals surface area contributed by atoms with Gasteiger partial charge in [-0.25, -0.2) is 18.1 Å². The highest BCUT2D eigenvalue weighted by atomic mass is 35.5. The molecule has 2 saturated heterocycles. The molecule has 2 fully saturated rings. The van der Waals surface area contributed by atoms with Crippen LogP contribution in [-0.4, -0.2) is 88.2 Å². The average Bonchev–Trinajstić information content (AvgIpc) is 3.29. The lowest BCUT2D eigenvalue weighted by atomic mass is 9.87. The Morgan fingerprint density at radius 1 is 1.27 bits per heavy atom. The van der Waals surface area contributed by atoms with Gasteiger partial charge in [-0.15, -0.1) is 24.8 Å². The lowest BCUT2D eigenvalue weighted by Crippen LogP contribution is -2.45. The van der Waals surface area contributed by atoms with Gasteiger partial charge in [-0.2, -0.15) is 4.98 Å². The van der Waals surface area contributed by atoms with Gasteiger partial charge in [-0.1, -0.05) is 6.07 Å². The largest absolute Gasteiger partial charge is 0.491 e. The van der Waals surface area contributed by atoms with Crippen LogP contribution in [0.25, 0.3) is 0 Å². The Morgan fingerprint density at radius 3 is 2.73 bits per heavy atom. The minimum atomic E-state index is -3.55. The highest BCUT2D eigenvalue weighted by molar-refractivity contribution is 7.89. The third-order valence-corrected chi connectivity index (χ3v) is 7.87. The molecule has 0 saturated carbocycles. The number of hydrogen-bond donors (Lipinski definition) is 3. The van der Waals surface area contributed by atoms with E-state index in [9.17, 15) is 13.5 Å². The summed E-state index contributed by atoms with van der Waals surface area (Å²) in [6.45, 7) is 2.59. The number of ether oxygens (including phenoxy) is 3. The Morgan fingerprint density at radius 2 is 2.03 bits per heavy atom. The molecule has 0 radical (unpaired) electrons. The van der Waals surface area contributed by atoms with Crippen LogP contribution in [0.3, 0.4) is 0 Å². The SMILES string of the molecule is CNS(=O)(=O)c1cccc(OCC(O)CN[C@H]2COC3(CCN(c4nccc(OC)n4)CC3)C2)c1.Cl.Cl. The summed E-state index contributed by atoms with van der Waals surface area (Å²) >= 11 is 0. The summed E-state index contributed by atoms with van der Waals surface area (Å²) in [5, 5.41) is 13.7. The van der Waals surface area contributed by atoms with Crippen molar-refractivity contribution < 1.29 is 27.7 Å². The number of hydrogen-bond acceptors (Lipinski definition) is 10. The van der Waals surface area contributed by atoms with Crippen LogP contribution in [0.5, 0.6) is 11.6 Å². The molecule has 0 amide bonds. The standard InChI is InChI=1S/C23H33N5O6S.2ClH/c1-24-35(30,31)20-5-3-4-19(12-20)33-16-18(29)14-26-17-13-23(34-15-17)7-10-28(11-8-23)22-25-9-6-21(27-22)32-2;;/h3-6,9,12,17-18,24,26,29H,7-8,10-11,13-16H2,1-2H3;2*1H/t17-,18?;;/m1../s1. The first kappa shape index (κ1) is 31.3. The summed E-state index contributed by atoms with van der Waals surface area (Å²) in [5.74, 6) is 1.61. The van der Waals surface area contributed by atoms with E-state index in [0.29, 0.717) is 30.7 Å². The van der Waals surface area contributed by atoms with Crippen LogP contribution in [0.2, 0.25) is 0 Å². The molecular weight excluding hydrogens is 545 g/mol. The van der Waals surface area contributed by atoms with Crippen molar-refractivity contribution in [1.82, 2.24) is 20.0 Å². The van der Waals surface area contributed by atoms with Crippen molar-refractivity contribution in [2.45, 2.75) is 41.9 Å². The van der Waals surface area contributed by atoms with Crippen LogP contribution in [0, 0.1) is 0 Å². The number of rotatable bonds is 10. The predicted octanol–water partition coefficient (Wildman–Crippen LogP) is 1.39. The quantitative estimate of drug-likeness (QED) is 0.379. The van der Waals surface area contributed by atoms with Gasteiger partial charge in [-0.05, 0) is 38.4 Å². The van der Waals surface area contributed by atoms with Crippen molar-refractivity contribution in [3.8, 4) is 11.6 Å². The molecule has 37 heavy (non-hydrogen) atoms. The summed E-state index contributed by atoms with van der Waals surface area (Å²) in [6.07, 6.45) is 3.58. The van der Waals surface area contributed by atoms with E-state index in [1.165, 1.54) is 19.2 Å². The van der Waals surface area contributed by atoms with Gasteiger partial charge in [0.25, 0.3) is 0 Å². The number of sulfonamides is 1. The van der Waals surface area contributed by atoms with Gasteiger partial charge in [-0.3, -0.25) is 0 Å². The molecule has 2 aliphatic rings. The number of aliphatic hydroxyl groups is 1. The molecule has 1 aromatic heterocycles. The van der Waals surface area contributed by atoms with Crippen LogP contribution < -0.4 is 24.4 Å². The molecule has 2 aliphatic heterocycles. The van der Waals surface area contributed by atoms with E-state index in [1.807, 2.05) is 0 Å². The second-order valence-electron chi connectivity index (χ2n) is 8.84. The molecule has 11 nitrogen and oxygen atoms in total. The van der Waals surface area contributed by atoms with E-state index in [-0.39, 0.29) is 48.0 Å². The van der Waals surface area contributed by atoms with Gasteiger partial charge in [0.05, 0.1) is 24.2 Å². The van der Waals surface area contributed by atoms with Gasteiger partial charge >= 0.3 is 0 Å². The van der Waals surface area contributed by atoms with Crippen molar-refractivity contribution in [1.29, 1.82) is 0 Å². The zero-order valence-electron chi connectivity index (χ0n) is 20.8. The molecule has 1 spiro atoms. The van der Waals surface area contributed by atoms with Crippen molar-refractivity contribution in [3.63, 3.8) is 0 Å². The number of anilines is 1. The van der Waals surface area contributed by atoms with Crippen molar-refractivity contribution in [2.75, 3.05) is 51.9 Å². The number of nitrogens with one attached hydrogen (secondary N) is 2. The lowest BCUT2D eigenvalue weighted by Gasteiger charge is -2.38. The Kier molecular flexibility index (Phi) is 11.6. The maximum absolute atomic E-state index is 11.9. The first-order valence-electron chi connectivity index (χ1n) is 11.7. The summed E-state index contributed by atoms with van der Waals surface area (Å²) in [7, 11) is -0.604. The second kappa shape index (κ2) is 13.7. The number of benzene rings is 1. The molecule has 208 valence electrons. The van der Waals surface area contributed by atoms with Gasteiger partial charge in [0, 0.05) is 44.0 Å². The molecule has 1 aromatic carbocycles. The topological polar surface area (TPSA) is 135 Å². The Hall–Kier alpha value is -1.93. The van der Waals surface area contributed by atoms with E-state index >= 15 is 0 Å². The normalized spacial score (nSPS) is 19.5. The fourth-order valence-corrected chi connectivity index (χ4v) is 5.20. The van der Waals surface area contributed by atoms with Crippen molar-refractivity contribution >= 4 is 40.8 Å². The number of halogens is 2. The molecule has 4 rings (SSSR count). The third-order valence-electron chi connectivity index (χ3n) is 6.46. The van der Waals surface area contributed by atoms with Crippen LogP contribution >= 0.6 is 24.8 Å². The molecule has 2 aromatic rings. The van der Waals surface area contributed by atoms with Gasteiger partial charge in [0.15, 0.2) is 0 Å². The molecule has 2 atom stereocenters. The number of aliphatic hydroxyl groups excluding tert-OH is 1. The van der Waals surface area contributed by atoms with Crippen LogP contribution in [0.4, 0.5) is 5.95 Å². The van der Waals surface area contributed by atoms with Crippen molar-refractivity contribution in [2.24, 2.45) is 0 Å². The monoisotopic (exact) mass is 579 g/mol. The van der Waals surface area contributed by atoms with E-state index in [1.54, 1.807) is 31.5 Å². The zero-order chi connectivity index (χ0) is 24.9. The highest BCUT2D eigenvalue weighted by Crippen LogP contribution is 2.36. The van der Waals surface area contributed by atoms with Crippen LogP contribution in [0.15, 0.2) is 41.4 Å². The zero-order valence-corrected chi connectivity index (χ0v) is 23.3. The predicted molar refractivity (Wildman–Crippen MR) is 144 cm³/mol.